The van der Waals surface area contributed by atoms with E-state index in [1.165, 1.54) is 0 Å². The molecule has 0 aromatic heterocycles. The van der Waals surface area contributed by atoms with Crippen LogP contribution in [0.1, 0.15) is 13.8 Å². The first-order chi connectivity index (χ1) is 4.54. The van der Waals surface area contributed by atoms with Gasteiger partial charge in [-0.25, -0.2) is 18.6 Å². The second kappa shape index (κ2) is 23.0. The summed E-state index contributed by atoms with van der Waals surface area (Å²) in [6.45, 7) is 15.7. The molecule has 0 aliphatic carbocycles. The van der Waals surface area contributed by atoms with Gasteiger partial charge in [0.2, 0.25) is 0 Å². The van der Waals surface area contributed by atoms with Crippen molar-refractivity contribution in [1.29, 1.82) is 0 Å². The predicted octanol–water partition coefficient (Wildman–Crippen LogP) is -3.13. The van der Waals surface area contributed by atoms with Gasteiger partial charge in [0, 0.05) is 9.52 Å². The van der Waals surface area contributed by atoms with Gasteiger partial charge in [-0.1, -0.05) is 26.9 Å². The molecule has 0 N–H and O–H groups in total. The summed E-state index contributed by atoms with van der Waals surface area (Å²) in [5.74, 6) is 0. The molecule has 0 aliphatic rings. The van der Waals surface area contributed by atoms with E-state index in [1.54, 1.807) is 0 Å². The topological polar surface area (TPSA) is 0 Å². The minimum Gasteiger partial charge on any atom is -1.00 e. The molecule has 0 rings (SSSR count). The van der Waals surface area contributed by atoms with Gasteiger partial charge in [0.15, 0.2) is 0 Å². The smallest absolute Gasteiger partial charge is 1.00 e. The van der Waals surface area contributed by atoms with E-state index in [0.29, 0.717) is 0 Å². The Labute approximate surface area is 113 Å². The monoisotopic (exact) mass is 272 g/mol. The second-order valence-electron chi connectivity index (χ2n) is 2.41. The molecule has 0 atom stereocenters. The molecule has 4 heteroatoms. The molecule has 0 saturated heterocycles. The minimum atomic E-state index is 0. The van der Waals surface area contributed by atoms with Gasteiger partial charge in [-0.3, -0.25) is 0 Å². The predicted molar refractivity (Wildman–Crippen MR) is 52.8 cm³/mol. The molecule has 0 aromatic rings. The van der Waals surface area contributed by atoms with Gasteiger partial charge < -0.3 is 24.8 Å². The average Bonchev–Trinajstić information content (AvgIpc) is 1.62. The summed E-state index contributed by atoms with van der Waals surface area (Å²) in [5.41, 5.74) is 2.12. The molecule has 0 bridgehead atoms. The van der Waals surface area contributed by atoms with Crippen molar-refractivity contribution in [1.82, 2.24) is 0 Å². The number of allylic oxidation sites excluding steroid dienone is 3. The molecule has 0 aliphatic heterocycles. The van der Waals surface area contributed by atoms with Crippen LogP contribution in [0, 0.1) is 6.92 Å². The van der Waals surface area contributed by atoms with Crippen molar-refractivity contribution in [2.75, 3.05) is 0 Å². The van der Waals surface area contributed by atoms with Crippen LogP contribution in [0.2, 0.25) is 13.1 Å². The van der Waals surface area contributed by atoms with E-state index in [-0.39, 0.29) is 46.5 Å². The quantitative estimate of drug-likeness (QED) is 0.269. The summed E-state index contributed by atoms with van der Waals surface area (Å²) >= 11 is 0. The summed E-state index contributed by atoms with van der Waals surface area (Å²) in [4.78, 5) is 0. The van der Waals surface area contributed by atoms with Gasteiger partial charge in [0.1, 0.15) is 0 Å². The van der Waals surface area contributed by atoms with Crippen LogP contribution in [0.3, 0.4) is 0 Å². The molecule has 0 heterocycles. The number of rotatable bonds is 1. The normalized spacial score (nSPS) is 7.54. The zero-order valence-electron chi connectivity index (χ0n) is 8.82. The Morgan fingerprint density at radius 3 is 1.46 bits per heavy atom. The fraction of sp³-hybridized carbons (Fsp3) is 0.444. The summed E-state index contributed by atoms with van der Waals surface area (Å²) in [5, 5.41) is 0. The van der Waals surface area contributed by atoms with Crippen LogP contribution >= 0.6 is 0 Å². The van der Waals surface area contributed by atoms with Crippen LogP contribution < -0.4 is 24.8 Å². The Kier molecular flexibility index (Phi) is 51.8. The Balaban J connectivity index is -0.0000000320. The van der Waals surface area contributed by atoms with Crippen molar-refractivity contribution in [2.45, 2.75) is 26.9 Å². The second-order valence-corrected chi connectivity index (χ2v) is 3.57. The maximum atomic E-state index is 3.68. The van der Waals surface area contributed by atoms with Crippen LogP contribution in [0.5, 0.6) is 0 Å². The molecule has 13 heavy (non-hydrogen) atoms. The van der Waals surface area contributed by atoms with E-state index in [1.807, 2.05) is 19.9 Å². The SMILES string of the molecule is C=C(C)C=C([CH2-])C.C[SiH]C.[Cl-].[Cl-].[Ti+3]. The van der Waals surface area contributed by atoms with E-state index >= 15 is 0 Å². The van der Waals surface area contributed by atoms with Crippen LogP contribution in [-0.4, -0.2) is 9.52 Å². The third-order valence-corrected chi connectivity index (χ3v) is 0.493. The third-order valence-electron chi connectivity index (χ3n) is 0.493. The molecule has 0 nitrogen and oxygen atoms in total. The van der Waals surface area contributed by atoms with E-state index in [2.05, 4.69) is 26.6 Å². The van der Waals surface area contributed by atoms with Crippen LogP contribution in [0.4, 0.5) is 0 Å². The largest absolute Gasteiger partial charge is 3.00 e. The molecule has 0 fully saturated rings. The maximum Gasteiger partial charge on any atom is 3.00 e. The first-order valence-corrected chi connectivity index (χ1v) is 5.75. The van der Waals surface area contributed by atoms with Crippen molar-refractivity contribution in [3.63, 3.8) is 0 Å². The summed E-state index contributed by atoms with van der Waals surface area (Å²) in [7, 11) is 0.750. The van der Waals surface area contributed by atoms with E-state index in [4.69, 9.17) is 0 Å². The Hall–Kier alpha value is 0.861. The van der Waals surface area contributed by atoms with Gasteiger partial charge in [-0.2, -0.15) is 0 Å². The Morgan fingerprint density at radius 1 is 1.23 bits per heavy atom. The standard InChI is InChI=1S/C7H11.C2H7Si.2ClH.Ti/c1-6(2)5-7(3)4;1-3-2;;;/h5H,1,3H2,2,4H3;3H,1-2H3;2*1H;/q-1;;;;+3/p-2. The number of halogens is 2. The summed E-state index contributed by atoms with van der Waals surface area (Å²) < 4.78 is 0. The fourth-order valence-electron chi connectivity index (χ4n) is 0.421. The van der Waals surface area contributed by atoms with Gasteiger partial charge in [0.25, 0.3) is 0 Å². The Morgan fingerprint density at radius 2 is 1.46 bits per heavy atom. The molecular formula is C9H18Cl2SiTi. The number of hydrogen-bond acceptors (Lipinski definition) is 0. The van der Waals surface area contributed by atoms with Crippen molar-refractivity contribution < 1.29 is 46.5 Å². The van der Waals surface area contributed by atoms with E-state index < -0.39 is 0 Å². The third kappa shape index (κ3) is 64.2. The zero-order valence-corrected chi connectivity index (χ0v) is 13.1. The van der Waals surface area contributed by atoms with Gasteiger partial charge in [-0.05, 0) is 0 Å². The first-order valence-electron chi connectivity index (χ1n) is 3.44. The Bertz CT molecular complexity index is 121. The molecular weight excluding hydrogens is 255 g/mol. The molecule has 0 saturated carbocycles. The summed E-state index contributed by atoms with van der Waals surface area (Å²) in [6, 6.07) is 0. The fourth-order valence-corrected chi connectivity index (χ4v) is 0.421. The molecule has 2 radical (unpaired) electrons. The molecule has 0 amide bonds. The van der Waals surface area contributed by atoms with Crippen molar-refractivity contribution in [3.8, 4) is 0 Å². The average molecular weight is 273 g/mol. The maximum absolute atomic E-state index is 3.68. The van der Waals surface area contributed by atoms with Crippen LogP contribution in [-0.2, 0) is 21.7 Å². The van der Waals surface area contributed by atoms with Crippen LogP contribution in [0.25, 0.3) is 0 Å². The molecule has 0 aromatic carbocycles. The van der Waals surface area contributed by atoms with Gasteiger partial charge in [-0.15, -0.1) is 12.2 Å². The number of hydrogen-bond donors (Lipinski definition) is 0. The molecule has 76 valence electrons. The van der Waals surface area contributed by atoms with Gasteiger partial charge >= 0.3 is 21.7 Å². The van der Waals surface area contributed by atoms with Crippen molar-refractivity contribution >= 4 is 9.52 Å². The van der Waals surface area contributed by atoms with Crippen molar-refractivity contribution in [2.24, 2.45) is 0 Å². The molecule has 0 unspecified atom stereocenters. The van der Waals surface area contributed by atoms with Crippen LogP contribution in [0.15, 0.2) is 23.8 Å². The van der Waals surface area contributed by atoms with E-state index in [9.17, 15) is 0 Å². The molecule has 0 spiro atoms. The zero-order chi connectivity index (χ0) is 8.57. The van der Waals surface area contributed by atoms with Crippen molar-refractivity contribution in [3.05, 3.63) is 30.7 Å². The first kappa shape index (κ1) is 29.2. The van der Waals surface area contributed by atoms with Gasteiger partial charge in [0.05, 0.1) is 0 Å². The minimum absolute atomic E-state index is 0. The van der Waals surface area contributed by atoms with E-state index in [0.717, 1.165) is 20.7 Å². The summed E-state index contributed by atoms with van der Waals surface area (Å²) in [6.07, 6.45) is 1.94.